The molecule has 0 bridgehead atoms. The Balaban J connectivity index is 1.80. The van der Waals surface area contributed by atoms with Gasteiger partial charge in [-0.25, -0.2) is 0 Å². The predicted molar refractivity (Wildman–Crippen MR) is 56.8 cm³/mol. The number of benzene rings is 1. The van der Waals surface area contributed by atoms with Crippen molar-refractivity contribution in [2.75, 3.05) is 11.9 Å². The van der Waals surface area contributed by atoms with E-state index in [1.165, 1.54) is 18.5 Å². The van der Waals surface area contributed by atoms with E-state index in [1.54, 1.807) is 0 Å². The number of rotatable bonds is 3. The Kier molecular flexibility index (Phi) is 2.53. The molecule has 2 rings (SSSR count). The van der Waals surface area contributed by atoms with Crippen molar-refractivity contribution >= 4 is 5.69 Å². The average Bonchev–Trinajstić information content (AvgIpc) is 2.17. The van der Waals surface area contributed by atoms with Gasteiger partial charge in [-0.05, 0) is 30.4 Å². The van der Waals surface area contributed by atoms with Crippen LogP contribution in [0.2, 0.25) is 0 Å². The van der Waals surface area contributed by atoms with Crippen LogP contribution in [0.5, 0.6) is 0 Å². The Morgan fingerprint density at radius 2 is 2.00 bits per heavy atom. The van der Waals surface area contributed by atoms with Crippen LogP contribution in [0.15, 0.2) is 30.3 Å². The summed E-state index contributed by atoms with van der Waals surface area (Å²) in [4.78, 5) is 0. The van der Waals surface area contributed by atoms with Crippen molar-refractivity contribution in [1.29, 1.82) is 0 Å². The highest BCUT2D eigenvalue weighted by Crippen LogP contribution is 2.33. The Morgan fingerprint density at radius 1 is 1.23 bits per heavy atom. The molecule has 0 radical (unpaired) electrons. The van der Waals surface area contributed by atoms with Crippen molar-refractivity contribution in [2.45, 2.75) is 19.8 Å². The summed E-state index contributed by atoms with van der Waals surface area (Å²) in [5, 5.41) is 3.48. The van der Waals surface area contributed by atoms with E-state index < -0.39 is 0 Å². The number of anilines is 1. The molecule has 1 heteroatoms. The number of hydrogen-bond donors (Lipinski definition) is 1. The summed E-state index contributed by atoms with van der Waals surface area (Å²) in [6.07, 6.45) is 2.82. The van der Waals surface area contributed by atoms with Gasteiger partial charge in [-0.2, -0.15) is 0 Å². The molecule has 1 aromatic rings. The minimum Gasteiger partial charge on any atom is -0.385 e. The molecule has 1 saturated carbocycles. The third kappa shape index (κ3) is 2.03. The normalized spacial score (nSPS) is 26.5. The summed E-state index contributed by atoms with van der Waals surface area (Å²) in [5.74, 6) is 1.83. The number of hydrogen-bond acceptors (Lipinski definition) is 1. The molecule has 1 aliphatic rings. The van der Waals surface area contributed by atoms with Crippen molar-refractivity contribution in [3.05, 3.63) is 30.3 Å². The predicted octanol–water partition coefficient (Wildman–Crippen LogP) is 3.14. The SMILES string of the molecule is CC1CCC1CNc1ccccc1. The van der Waals surface area contributed by atoms with Gasteiger partial charge in [-0.3, -0.25) is 0 Å². The van der Waals surface area contributed by atoms with Crippen molar-refractivity contribution < 1.29 is 0 Å². The van der Waals surface area contributed by atoms with Crippen LogP contribution in [-0.2, 0) is 0 Å². The molecular formula is C12H17N. The van der Waals surface area contributed by atoms with Crippen LogP contribution in [0.25, 0.3) is 0 Å². The molecule has 13 heavy (non-hydrogen) atoms. The average molecular weight is 175 g/mol. The largest absolute Gasteiger partial charge is 0.385 e. The van der Waals surface area contributed by atoms with Crippen LogP contribution in [0.1, 0.15) is 19.8 Å². The molecular weight excluding hydrogens is 158 g/mol. The van der Waals surface area contributed by atoms with Gasteiger partial charge in [0.05, 0.1) is 0 Å². The van der Waals surface area contributed by atoms with E-state index in [0.29, 0.717) is 0 Å². The van der Waals surface area contributed by atoms with Gasteiger partial charge in [-0.15, -0.1) is 0 Å². The lowest BCUT2D eigenvalue weighted by Crippen LogP contribution is -2.29. The lowest BCUT2D eigenvalue weighted by Gasteiger charge is -2.34. The monoisotopic (exact) mass is 175 g/mol. The molecule has 1 aliphatic carbocycles. The fourth-order valence-electron chi connectivity index (χ4n) is 1.84. The molecule has 1 nitrogen and oxygen atoms in total. The molecule has 1 N–H and O–H groups in total. The molecule has 0 aromatic heterocycles. The second kappa shape index (κ2) is 3.82. The third-order valence-corrected chi connectivity index (χ3v) is 3.14. The zero-order valence-electron chi connectivity index (χ0n) is 8.16. The van der Waals surface area contributed by atoms with E-state index in [4.69, 9.17) is 0 Å². The summed E-state index contributed by atoms with van der Waals surface area (Å²) in [6, 6.07) is 10.5. The van der Waals surface area contributed by atoms with Crippen LogP contribution in [0.3, 0.4) is 0 Å². The zero-order valence-corrected chi connectivity index (χ0v) is 8.16. The highest BCUT2D eigenvalue weighted by Gasteiger charge is 2.25. The van der Waals surface area contributed by atoms with Gasteiger partial charge in [0, 0.05) is 12.2 Å². The topological polar surface area (TPSA) is 12.0 Å². The molecule has 1 aromatic carbocycles. The van der Waals surface area contributed by atoms with Gasteiger partial charge < -0.3 is 5.32 Å². The first-order chi connectivity index (χ1) is 6.36. The molecule has 0 aliphatic heterocycles. The number of para-hydroxylation sites is 1. The Hall–Kier alpha value is -0.980. The third-order valence-electron chi connectivity index (χ3n) is 3.14. The fraction of sp³-hybridized carbons (Fsp3) is 0.500. The first-order valence-corrected chi connectivity index (χ1v) is 5.15. The summed E-state index contributed by atoms with van der Waals surface area (Å²) in [5.41, 5.74) is 1.25. The Labute approximate surface area is 80.2 Å². The maximum absolute atomic E-state index is 3.48. The van der Waals surface area contributed by atoms with E-state index in [9.17, 15) is 0 Å². The van der Waals surface area contributed by atoms with E-state index in [1.807, 2.05) is 0 Å². The summed E-state index contributed by atoms with van der Waals surface area (Å²) < 4.78 is 0. The molecule has 0 spiro atoms. The summed E-state index contributed by atoms with van der Waals surface area (Å²) in [7, 11) is 0. The van der Waals surface area contributed by atoms with Crippen molar-refractivity contribution in [1.82, 2.24) is 0 Å². The molecule has 0 saturated heterocycles. The van der Waals surface area contributed by atoms with E-state index in [-0.39, 0.29) is 0 Å². The first-order valence-electron chi connectivity index (χ1n) is 5.15. The standard InChI is InChI=1S/C12H17N/c1-10-7-8-11(10)9-13-12-5-3-2-4-6-12/h2-6,10-11,13H,7-9H2,1H3. The van der Waals surface area contributed by atoms with Gasteiger partial charge in [0.2, 0.25) is 0 Å². The molecule has 0 heterocycles. The minimum absolute atomic E-state index is 0.903. The van der Waals surface area contributed by atoms with E-state index in [0.717, 1.165) is 18.4 Å². The van der Waals surface area contributed by atoms with Crippen molar-refractivity contribution in [3.63, 3.8) is 0 Å². The maximum atomic E-state index is 3.48. The first kappa shape index (κ1) is 8.61. The lowest BCUT2D eigenvalue weighted by molar-refractivity contribution is 0.210. The minimum atomic E-state index is 0.903. The second-order valence-electron chi connectivity index (χ2n) is 4.06. The van der Waals surface area contributed by atoms with Gasteiger partial charge in [0.1, 0.15) is 0 Å². The fourth-order valence-corrected chi connectivity index (χ4v) is 1.84. The molecule has 1 fully saturated rings. The zero-order chi connectivity index (χ0) is 9.10. The highest BCUT2D eigenvalue weighted by atomic mass is 14.9. The van der Waals surface area contributed by atoms with Crippen LogP contribution in [0.4, 0.5) is 5.69 Å². The van der Waals surface area contributed by atoms with Crippen LogP contribution in [-0.4, -0.2) is 6.54 Å². The smallest absolute Gasteiger partial charge is 0.0340 e. The van der Waals surface area contributed by atoms with E-state index in [2.05, 4.69) is 42.6 Å². The summed E-state index contributed by atoms with van der Waals surface area (Å²) in [6.45, 7) is 3.49. The Morgan fingerprint density at radius 3 is 2.54 bits per heavy atom. The van der Waals surface area contributed by atoms with Crippen LogP contribution in [0, 0.1) is 11.8 Å². The van der Waals surface area contributed by atoms with Crippen molar-refractivity contribution in [2.24, 2.45) is 11.8 Å². The van der Waals surface area contributed by atoms with Crippen molar-refractivity contribution in [3.8, 4) is 0 Å². The molecule has 2 atom stereocenters. The molecule has 70 valence electrons. The summed E-state index contributed by atoms with van der Waals surface area (Å²) >= 11 is 0. The highest BCUT2D eigenvalue weighted by molar-refractivity contribution is 5.42. The molecule has 2 unspecified atom stereocenters. The maximum Gasteiger partial charge on any atom is 0.0340 e. The van der Waals surface area contributed by atoms with Gasteiger partial charge >= 0.3 is 0 Å². The Bertz CT molecular complexity index is 255. The van der Waals surface area contributed by atoms with E-state index >= 15 is 0 Å². The van der Waals surface area contributed by atoms with Crippen LogP contribution < -0.4 is 5.32 Å². The lowest BCUT2D eigenvalue weighted by atomic mass is 9.75. The van der Waals surface area contributed by atoms with Gasteiger partial charge in [-0.1, -0.05) is 31.5 Å². The van der Waals surface area contributed by atoms with Gasteiger partial charge in [0.15, 0.2) is 0 Å². The molecule has 0 amide bonds. The number of nitrogens with one attached hydrogen (secondary N) is 1. The van der Waals surface area contributed by atoms with Gasteiger partial charge in [0.25, 0.3) is 0 Å². The quantitative estimate of drug-likeness (QED) is 0.744. The second-order valence-corrected chi connectivity index (χ2v) is 4.06. The van der Waals surface area contributed by atoms with Crippen LogP contribution >= 0.6 is 0 Å².